The van der Waals surface area contributed by atoms with Crippen LogP contribution in [0, 0.1) is 11.8 Å². The van der Waals surface area contributed by atoms with Crippen molar-refractivity contribution in [1.29, 1.82) is 0 Å². The van der Waals surface area contributed by atoms with Crippen molar-refractivity contribution < 1.29 is 4.79 Å². The number of hydrogen-bond acceptors (Lipinski definition) is 3. The van der Waals surface area contributed by atoms with Crippen LogP contribution in [-0.4, -0.2) is 33.4 Å². The minimum absolute atomic E-state index is 0.123. The summed E-state index contributed by atoms with van der Waals surface area (Å²) in [5, 5.41) is 0. The number of hydrogen-bond donors (Lipinski definition) is 0. The van der Waals surface area contributed by atoms with Gasteiger partial charge in [0.2, 0.25) is 5.91 Å². The van der Waals surface area contributed by atoms with Crippen molar-refractivity contribution in [3.8, 4) is 0 Å². The van der Waals surface area contributed by atoms with Gasteiger partial charge in [0.25, 0.3) is 5.56 Å². The molecule has 1 aromatic rings. The van der Waals surface area contributed by atoms with Gasteiger partial charge in [0.1, 0.15) is 5.82 Å². The molecule has 0 N–H and O–H groups in total. The van der Waals surface area contributed by atoms with Gasteiger partial charge < -0.3 is 9.47 Å². The Morgan fingerprint density at radius 2 is 2.14 bits per heavy atom. The van der Waals surface area contributed by atoms with Crippen LogP contribution >= 0.6 is 0 Å². The molecule has 118 valence electrons. The predicted octanol–water partition coefficient (Wildman–Crippen LogP) is 1.55. The van der Waals surface area contributed by atoms with Gasteiger partial charge in [0.15, 0.2) is 0 Å². The first-order valence-electron chi connectivity index (χ1n) is 8.53. The van der Waals surface area contributed by atoms with E-state index in [4.69, 9.17) is 0 Å². The van der Waals surface area contributed by atoms with Crippen LogP contribution in [0.25, 0.3) is 0 Å². The Bertz CT molecular complexity index is 666. The van der Waals surface area contributed by atoms with Gasteiger partial charge in [-0.2, -0.15) is 4.98 Å². The van der Waals surface area contributed by atoms with E-state index in [-0.39, 0.29) is 11.5 Å². The van der Waals surface area contributed by atoms with E-state index in [9.17, 15) is 9.59 Å². The molecule has 1 amide bonds. The van der Waals surface area contributed by atoms with Crippen LogP contribution in [0.15, 0.2) is 10.9 Å². The second-order valence-corrected chi connectivity index (χ2v) is 7.13. The molecule has 1 saturated carbocycles. The van der Waals surface area contributed by atoms with Crippen molar-refractivity contribution >= 4 is 5.91 Å². The normalized spacial score (nSPS) is 30.2. The lowest BCUT2D eigenvalue weighted by Crippen LogP contribution is -2.41. The first-order valence-corrected chi connectivity index (χ1v) is 8.53. The van der Waals surface area contributed by atoms with E-state index >= 15 is 0 Å². The Hall–Kier alpha value is -1.65. The summed E-state index contributed by atoms with van der Waals surface area (Å²) in [6.07, 6.45) is 5.11. The molecule has 5 nitrogen and oxygen atoms in total. The highest BCUT2D eigenvalue weighted by molar-refractivity contribution is 5.81. The zero-order chi connectivity index (χ0) is 15.3. The molecule has 2 aliphatic heterocycles. The Kier molecular flexibility index (Phi) is 3.31. The van der Waals surface area contributed by atoms with Crippen molar-refractivity contribution in [2.24, 2.45) is 11.8 Å². The Morgan fingerprint density at radius 1 is 1.32 bits per heavy atom. The number of aromatic nitrogens is 2. The van der Waals surface area contributed by atoms with Crippen LogP contribution in [0.2, 0.25) is 0 Å². The van der Waals surface area contributed by atoms with Gasteiger partial charge >= 0.3 is 0 Å². The molecule has 1 aromatic heterocycles. The molecule has 3 aliphatic rings. The van der Waals surface area contributed by atoms with E-state index < -0.39 is 0 Å². The van der Waals surface area contributed by atoms with Crippen LogP contribution in [0.4, 0.5) is 0 Å². The minimum atomic E-state index is -0.123. The van der Waals surface area contributed by atoms with Gasteiger partial charge in [0.05, 0.1) is 0 Å². The Balaban J connectivity index is 1.58. The van der Waals surface area contributed by atoms with Gasteiger partial charge in [0, 0.05) is 49.7 Å². The standard InChI is InChI=1S/C17H23N3O2/c1-11-8-13(11)17(22)19-6-2-4-12(10-19)14-9-16(21)18-15-5-3-7-20(14)15/h9,11-13H,2-8,10H2,1H3/t11-,12-,13-/m1/s1. The molecule has 0 bridgehead atoms. The molecule has 0 radical (unpaired) electrons. The number of carbonyl (C=O) groups is 1. The summed E-state index contributed by atoms with van der Waals surface area (Å²) in [4.78, 5) is 30.5. The van der Waals surface area contributed by atoms with Crippen molar-refractivity contribution in [2.75, 3.05) is 13.1 Å². The highest BCUT2D eigenvalue weighted by atomic mass is 16.2. The zero-order valence-electron chi connectivity index (χ0n) is 13.1. The molecule has 3 heterocycles. The largest absolute Gasteiger partial charge is 0.342 e. The highest BCUT2D eigenvalue weighted by Gasteiger charge is 2.42. The van der Waals surface area contributed by atoms with Crippen LogP contribution < -0.4 is 5.56 Å². The van der Waals surface area contributed by atoms with E-state index in [1.165, 1.54) is 0 Å². The highest BCUT2D eigenvalue weighted by Crippen LogP contribution is 2.40. The second-order valence-electron chi connectivity index (χ2n) is 7.13. The van der Waals surface area contributed by atoms with E-state index in [1.54, 1.807) is 6.07 Å². The number of rotatable bonds is 2. The van der Waals surface area contributed by atoms with Crippen LogP contribution in [-0.2, 0) is 17.8 Å². The van der Waals surface area contributed by atoms with Gasteiger partial charge in [-0.15, -0.1) is 0 Å². The lowest BCUT2D eigenvalue weighted by molar-refractivity contribution is -0.134. The van der Waals surface area contributed by atoms with Gasteiger partial charge in [-0.3, -0.25) is 9.59 Å². The molecule has 0 spiro atoms. The lowest BCUT2D eigenvalue weighted by Gasteiger charge is -2.34. The van der Waals surface area contributed by atoms with Crippen molar-refractivity contribution in [3.63, 3.8) is 0 Å². The Morgan fingerprint density at radius 3 is 2.91 bits per heavy atom. The average Bonchev–Trinajstić information content (AvgIpc) is 3.06. The van der Waals surface area contributed by atoms with E-state index in [0.29, 0.717) is 17.7 Å². The predicted molar refractivity (Wildman–Crippen MR) is 82.6 cm³/mol. The Labute approximate surface area is 130 Å². The first kappa shape index (κ1) is 14.0. The maximum atomic E-state index is 12.5. The molecule has 1 aliphatic carbocycles. The summed E-state index contributed by atoms with van der Waals surface area (Å²) >= 11 is 0. The molecule has 22 heavy (non-hydrogen) atoms. The molecule has 1 saturated heterocycles. The summed E-state index contributed by atoms with van der Waals surface area (Å²) in [7, 11) is 0. The lowest BCUT2D eigenvalue weighted by atomic mass is 9.93. The third-order valence-corrected chi connectivity index (χ3v) is 5.49. The molecular weight excluding hydrogens is 278 g/mol. The quantitative estimate of drug-likeness (QED) is 0.833. The van der Waals surface area contributed by atoms with Crippen LogP contribution in [0.1, 0.15) is 50.0 Å². The molecular formula is C17H23N3O2. The number of amides is 1. The minimum Gasteiger partial charge on any atom is -0.342 e. The average molecular weight is 301 g/mol. The third kappa shape index (κ3) is 2.36. The first-order chi connectivity index (χ1) is 10.6. The number of nitrogens with zero attached hydrogens (tertiary/aromatic N) is 3. The van der Waals surface area contributed by atoms with E-state index in [2.05, 4.69) is 16.5 Å². The van der Waals surface area contributed by atoms with Gasteiger partial charge in [-0.05, 0) is 31.6 Å². The molecule has 2 fully saturated rings. The smallest absolute Gasteiger partial charge is 0.273 e. The number of aryl methyl sites for hydroxylation is 1. The van der Waals surface area contributed by atoms with Crippen molar-refractivity contribution in [2.45, 2.75) is 51.5 Å². The maximum absolute atomic E-state index is 12.5. The topological polar surface area (TPSA) is 55.2 Å². The second kappa shape index (κ2) is 5.21. The maximum Gasteiger partial charge on any atom is 0.273 e. The third-order valence-electron chi connectivity index (χ3n) is 5.49. The summed E-state index contributed by atoms with van der Waals surface area (Å²) < 4.78 is 2.22. The summed E-state index contributed by atoms with van der Waals surface area (Å²) in [5.74, 6) is 2.36. The molecule has 4 rings (SSSR count). The fourth-order valence-electron chi connectivity index (χ4n) is 4.08. The number of fused-ring (bicyclic) bond motifs is 1. The van der Waals surface area contributed by atoms with Crippen LogP contribution in [0.5, 0.6) is 0 Å². The molecule has 0 unspecified atom stereocenters. The zero-order valence-corrected chi connectivity index (χ0v) is 13.1. The van der Waals surface area contributed by atoms with Crippen molar-refractivity contribution in [3.05, 3.63) is 27.9 Å². The number of piperidine rings is 1. The van der Waals surface area contributed by atoms with Crippen LogP contribution in [0.3, 0.4) is 0 Å². The molecule has 0 aromatic carbocycles. The van der Waals surface area contributed by atoms with E-state index in [1.807, 2.05) is 4.90 Å². The number of likely N-dealkylation sites (tertiary alicyclic amines) is 1. The number of carbonyl (C=O) groups excluding carboxylic acids is 1. The van der Waals surface area contributed by atoms with E-state index in [0.717, 1.165) is 63.3 Å². The van der Waals surface area contributed by atoms with Gasteiger partial charge in [-0.1, -0.05) is 6.92 Å². The fourth-order valence-corrected chi connectivity index (χ4v) is 4.08. The SMILES string of the molecule is C[C@@H]1C[C@H]1C(=O)N1CCC[C@@H](c2cc(=O)nc3n2CCC3)C1. The summed E-state index contributed by atoms with van der Waals surface area (Å²) in [6.45, 7) is 4.76. The van der Waals surface area contributed by atoms with Gasteiger partial charge in [-0.25, -0.2) is 0 Å². The molecule has 5 heteroatoms. The summed E-state index contributed by atoms with van der Waals surface area (Å²) in [5.41, 5.74) is 0.983. The summed E-state index contributed by atoms with van der Waals surface area (Å²) in [6, 6.07) is 1.70. The fraction of sp³-hybridized carbons (Fsp3) is 0.706. The monoisotopic (exact) mass is 301 g/mol. The molecule has 3 atom stereocenters. The van der Waals surface area contributed by atoms with Crippen molar-refractivity contribution in [1.82, 2.24) is 14.5 Å².